The van der Waals surface area contributed by atoms with Crippen molar-refractivity contribution in [1.29, 1.82) is 0 Å². The smallest absolute Gasteiger partial charge is 0.336 e. The molecule has 26 nitrogen and oxygen atoms in total. The van der Waals surface area contributed by atoms with Gasteiger partial charge in [-0.2, -0.15) is 0 Å². The third-order valence-corrected chi connectivity index (χ3v) is 30.2. The summed E-state index contributed by atoms with van der Waals surface area (Å²) in [5, 5.41) is 0. The molecule has 0 saturated carbocycles. The van der Waals surface area contributed by atoms with Crippen LogP contribution in [0, 0.1) is 38.9 Å². The molecular weight excluding hydrogens is 1500 g/mol. The van der Waals surface area contributed by atoms with Gasteiger partial charge in [0.15, 0.2) is 12.6 Å². The molecule has 8 saturated heterocycles. The molecule has 0 aromatic rings. The van der Waals surface area contributed by atoms with Crippen LogP contribution >= 0.6 is 0 Å². The second kappa shape index (κ2) is 33.5. The Morgan fingerprint density at radius 3 is 0.615 bits per heavy atom. The monoisotopic (exact) mass is 1660 g/mol. The maximum Gasteiger partial charge on any atom is 0.336 e. The Bertz CT molecular complexity index is 3160. The van der Waals surface area contributed by atoms with Gasteiger partial charge >= 0.3 is 47.8 Å². The summed E-state index contributed by atoms with van der Waals surface area (Å²) in [7, 11) is 12.1. The number of likely N-dealkylation sites (tertiary alicyclic amines) is 6. The van der Waals surface area contributed by atoms with Gasteiger partial charge in [0, 0.05) is 154 Å². The van der Waals surface area contributed by atoms with E-state index in [9.17, 15) is 0 Å². The van der Waals surface area contributed by atoms with Crippen LogP contribution < -0.4 is 0 Å². The van der Waals surface area contributed by atoms with Crippen LogP contribution in [0.25, 0.3) is 0 Å². The van der Waals surface area contributed by atoms with Crippen LogP contribution in [0.1, 0.15) is 298 Å². The van der Waals surface area contributed by atoms with Crippen molar-refractivity contribution in [1.82, 2.24) is 29.4 Å². The Morgan fingerprint density at radius 1 is 0.291 bits per heavy atom. The van der Waals surface area contributed by atoms with Crippen molar-refractivity contribution in [2.45, 2.75) is 413 Å². The topological polar surface area (TPSA) is 267 Å². The number of hydrogen-bond acceptors (Lipinski definition) is 26. The Labute approximate surface area is 703 Å². The van der Waals surface area contributed by atoms with E-state index in [0.717, 1.165) is 0 Å². The second-order valence-electron chi connectivity index (χ2n) is 45.9. The fourth-order valence-corrected chi connectivity index (χ4v) is 21.4. The number of piperidine rings is 6. The average molecular weight is 1660 g/mol. The van der Waals surface area contributed by atoms with E-state index in [0.29, 0.717) is 77.0 Å². The first-order chi connectivity index (χ1) is 52.9. The summed E-state index contributed by atoms with van der Waals surface area (Å²) >= 11 is 0. The van der Waals surface area contributed by atoms with E-state index in [1.165, 1.54) is 0 Å². The third-order valence-electron chi connectivity index (χ3n) is 30.2. The molecule has 8 heterocycles. The van der Waals surface area contributed by atoms with E-state index in [1.54, 1.807) is 41.5 Å². The minimum absolute atomic E-state index is 0.0196. The van der Waals surface area contributed by atoms with Crippen molar-refractivity contribution in [2.24, 2.45) is 38.9 Å². The molecule has 672 valence electrons. The summed E-state index contributed by atoms with van der Waals surface area (Å²) in [6, 6.07) is 0. The predicted octanol–water partition coefficient (Wildman–Crippen LogP) is 13.1. The third kappa shape index (κ3) is 19.8. The number of rotatable bonds is 24. The molecule has 0 bridgehead atoms. The molecule has 0 aliphatic carbocycles. The van der Waals surface area contributed by atoms with Crippen LogP contribution in [-0.4, -0.2) is 275 Å². The highest BCUT2D eigenvalue weighted by Gasteiger charge is 2.70. The number of ether oxygens (including phenoxy) is 12. The second-order valence-corrected chi connectivity index (χ2v) is 45.9. The maximum absolute atomic E-state index is 16.1. The lowest BCUT2D eigenvalue weighted by atomic mass is 9.72. The van der Waals surface area contributed by atoms with Crippen molar-refractivity contribution >= 4 is 47.8 Å². The van der Waals surface area contributed by atoms with Crippen molar-refractivity contribution < 1.29 is 95.2 Å². The molecule has 2 atom stereocenters. The summed E-state index contributed by atoms with van der Waals surface area (Å²) in [6.45, 7) is 58.8. The molecule has 8 aliphatic rings. The number of esters is 8. The number of carbonyl (C=O) groups excluding carboxylic acids is 8. The molecule has 0 amide bonds. The van der Waals surface area contributed by atoms with E-state index < -0.39 is 216 Å². The van der Waals surface area contributed by atoms with Gasteiger partial charge in [0.2, 0.25) is 0 Å². The molecule has 0 aromatic heterocycles. The van der Waals surface area contributed by atoms with Crippen molar-refractivity contribution in [3.05, 3.63) is 0 Å². The highest BCUT2D eigenvalue weighted by molar-refractivity contribution is 6.21. The standard InChI is InChI=1S/C91H158N6O20/c1-37-63(65(98)112-57-39-77(7,8)92(31)78(9,10)40-57)90(69(102)114-59-43-81(15,16)94(33)82(17,18)44-59,70(103)115-60-45-83(19,20)95(34)84(21,22)46-60)67(100)106-51-75(3,4)73-108-53-89(54-109-73)55-110-74(111-56-89)76(5,6)52-107-68(101)91(71(104)116-61-47-85(23,24)96(35)86(25,26)48-61,72(105)117-62-49-87(27,28)97(36)88(29,30)50-62)64(38-2)66(99)113-58-41-79(11,12)93(32)80(13,14)42-58/h57-64,73-74H,37-56H2,1-36H3. The SMILES string of the molecule is CCC(C(=O)OC1CC(C)(C)N(C)C(C)(C)C1)C(C(=O)OCC(C)(C)C1OCC2(CO1)COC(C(C)(C)COC(=O)C(C(=O)OC1CC(C)(C)N(C)C(C)(C)C1)(C(=O)OC1CC(C)(C)N(C)C(C)(C)C1)C(CC)C(=O)OC1CC(C)(C)N(C)C(C)(C)C1)OC2)(C(=O)OC1CC(C)(C)N(C)C(C)(C)C1)C(=O)OC1CC(C)(C)N(C)C(C)(C)C1. The van der Waals surface area contributed by atoms with Crippen LogP contribution in [-0.2, 0) is 95.2 Å². The quantitative estimate of drug-likeness (QED) is 0.0493. The Kier molecular flexibility index (Phi) is 28.0. The molecule has 8 fully saturated rings. The molecule has 8 aliphatic heterocycles. The largest absolute Gasteiger partial charge is 0.464 e. The van der Waals surface area contributed by atoms with Gasteiger partial charge in [0.25, 0.3) is 10.8 Å². The molecule has 1 spiro atoms. The lowest BCUT2D eigenvalue weighted by molar-refractivity contribution is -0.337. The van der Waals surface area contributed by atoms with Gasteiger partial charge in [-0.25, -0.2) is 0 Å². The summed E-state index contributed by atoms with van der Waals surface area (Å²) in [5.41, 5.74) is -15.1. The van der Waals surface area contributed by atoms with Gasteiger partial charge in [-0.1, -0.05) is 41.5 Å². The first kappa shape index (κ1) is 97.8. The summed E-state index contributed by atoms with van der Waals surface area (Å²) in [5.74, 6) is -13.0. The zero-order valence-electron chi connectivity index (χ0n) is 79.3. The zero-order chi connectivity index (χ0) is 89.0. The molecular formula is C91H158N6O20. The van der Waals surface area contributed by atoms with E-state index in [2.05, 4.69) is 84.8 Å². The molecule has 0 aromatic carbocycles. The number of nitrogens with zero attached hydrogens (tertiary/aromatic N) is 6. The Morgan fingerprint density at radius 2 is 0.453 bits per heavy atom. The molecule has 0 radical (unpaired) electrons. The van der Waals surface area contributed by atoms with Crippen LogP contribution in [0.4, 0.5) is 0 Å². The van der Waals surface area contributed by atoms with Gasteiger partial charge in [-0.05, 0) is 221 Å². The molecule has 2 unspecified atom stereocenters. The average Bonchev–Trinajstić information content (AvgIpc) is 0.738. The first-order valence-corrected chi connectivity index (χ1v) is 43.4. The highest BCUT2D eigenvalue weighted by atomic mass is 16.7. The van der Waals surface area contributed by atoms with Gasteiger partial charge in [0.05, 0.1) is 43.7 Å². The Hall–Kier alpha value is -4.64. The summed E-state index contributed by atoms with van der Waals surface area (Å²) < 4.78 is 78.7. The first-order valence-electron chi connectivity index (χ1n) is 43.4. The normalized spacial score (nSPS) is 28.8. The van der Waals surface area contributed by atoms with Gasteiger partial charge in [0.1, 0.15) is 49.8 Å². The van der Waals surface area contributed by atoms with Crippen LogP contribution in [0.15, 0.2) is 0 Å². The minimum Gasteiger partial charge on any atom is -0.464 e. The van der Waals surface area contributed by atoms with E-state index >= 15 is 38.4 Å². The van der Waals surface area contributed by atoms with Gasteiger partial charge < -0.3 is 56.8 Å². The zero-order valence-corrected chi connectivity index (χ0v) is 79.3. The van der Waals surface area contributed by atoms with Gasteiger partial charge in [-0.3, -0.25) is 67.8 Å². The van der Waals surface area contributed by atoms with E-state index in [-0.39, 0.29) is 39.3 Å². The summed E-state index contributed by atoms with van der Waals surface area (Å²) in [6.07, 6.45) is -2.61. The van der Waals surface area contributed by atoms with Crippen LogP contribution in [0.3, 0.4) is 0 Å². The molecule has 117 heavy (non-hydrogen) atoms. The summed E-state index contributed by atoms with van der Waals surface area (Å²) in [4.78, 5) is 141. The number of carbonyl (C=O) groups is 8. The molecule has 0 N–H and O–H groups in total. The maximum atomic E-state index is 16.1. The van der Waals surface area contributed by atoms with Crippen molar-refractivity contribution in [2.75, 3.05) is 81.9 Å². The van der Waals surface area contributed by atoms with E-state index in [1.807, 2.05) is 153 Å². The number of hydrogen-bond donors (Lipinski definition) is 0. The molecule has 26 heteroatoms. The molecule has 8 rings (SSSR count). The minimum atomic E-state index is -3.02. The van der Waals surface area contributed by atoms with Crippen LogP contribution in [0.2, 0.25) is 0 Å². The van der Waals surface area contributed by atoms with Crippen molar-refractivity contribution in [3.63, 3.8) is 0 Å². The van der Waals surface area contributed by atoms with Crippen LogP contribution in [0.5, 0.6) is 0 Å². The van der Waals surface area contributed by atoms with E-state index in [4.69, 9.17) is 56.8 Å². The lowest BCUT2D eigenvalue weighted by Gasteiger charge is -2.54. The highest BCUT2D eigenvalue weighted by Crippen LogP contribution is 2.51. The predicted molar refractivity (Wildman–Crippen MR) is 446 cm³/mol. The fraction of sp³-hybridized carbons (Fsp3) is 0.912. The lowest BCUT2D eigenvalue weighted by Crippen LogP contribution is -2.64. The van der Waals surface area contributed by atoms with Crippen molar-refractivity contribution in [3.8, 4) is 0 Å². The Balaban J connectivity index is 1.06. The van der Waals surface area contributed by atoms with Gasteiger partial charge in [-0.15, -0.1) is 0 Å². The fourth-order valence-electron chi connectivity index (χ4n) is 21.4.